The topological polar surface area (TPSA) is 275 Å². The molecule has 5 aliphatic rings. The third-order valence-corrected chi connectivity index (χ3v) is 14.9. The minimum absolute atomic E-state index is 0.0777. The summed E-state index contributed by atoms with van der Waals surface area (Å²) in [4.78, 5) is 99.7. The van der Waals surface area contributed by atoms with Gasteiger partial charge in [0.15, 0.2) is 0 Å². The Hall–Kier alpha value is -4.78. The molecule has 342 valence electrons. The molecule has 63 heavy (non-hydrogen) atoms. The lowest BCUT2D eigenvalue weighted by Crippen LogP contribution is -2.81. The van der Waals surface area contributed by atoms with Gasteiger partial charge in [-0.25, -0.2) is 4.79 Å². The molecule has 0 radical (unpaired) electrons. The first-order chi connectivity index (χ1) is 30.0. The number of aliphatic carboxylic acids is 2. The average Bonchev–Trinajstić information content (AvgIpc) is 3.97. The molecule has 6 heterocycles. The number of β-lactam (4-membered cyclic amide) rings is 2. The van der Waals surface area contributed by atoms with Crippen LogP contribution in [0.25, 0.3) is 0 Å². The number of quaternary nitrogens is 1. The third kappa shape index (κ3) is 11.1. The summed E-state index contributed by atoms with van der Waals surface area (Å²) in [5.41, 5.74) is 0.674. The zero-order valence-corrected chi connectivity index (χ0v) is 38.2. The zero-order chi connectivity index (χ0) is 46.1. The number of hydrogen-bond acceptors (Lipinski definition) is 17. The van der Waals surface area contributed by atoms with Crippen LogP contribution < -0.4 is 21.5 Å². The van der Waals surface area contributed by atoms with Gasteiger partial charge in [-0.3, -0.25) is 38.6 Å². The number of esters is 2. The van der Waals surface area contributed by atoms with Gasteiger partial charge in [-0.15, -0.1) is 46.2 Å². The highest BCUT2D eigenvalue weighted by molar-refractivity contribution is 8.00. The smallest absolute Gasteiger partial charge is 0.352 e. The van der Waals surface area contributed by atoms with Gasteiger partial charge in [0.2, 0.25) is 11.8 Å². The van der Waals surface area contributed by atoms with Crippen LogP contribution in [0, 0.1) is 0 Å². The van der Waals surface area contributed by atoms with Gasteiger partial charge in [0.05, 0.1) is 30.5 Å². The van der Waals surface area contributed by atoms with Crippen LogP contribution in [-0.4, -0.2) is 130 Å². The van der Waals surface area contributed by atoms with Crippen molar-refractivity contribution in [2.75, 3.05) is 38.9 Å². The number of ether oxygens (including phenoxy) is 4. The number of carbonyl (C=O) groups excluding carboxylic acids is 7. The first-order valence-corrected chi connectivity index (χ1v) is 23.5. The average molecular weight is 952 g/mol. The molecule has 0 bridgehead atoms. The van der Waals surface area contributed by atoms with Gasteiger partial charge in [-0.1, -0.05) is 18.6 Å². The van der Waals surface area contributed by atoms with Crippen LogP contribution in [0.2, 0.25) is 0 Å². The van der Waals surface area contributed by atoms with Gasteiger partial charge in [0.1, 0.15) is 29.7 Å². The van der Waals surface area contributed by atoms with Gasteiger partial charge in [-0.05, 0) is 48.6 Å². The van der Waals surface area contributed by atoms with Crippen molar-refractivity contribution in [3.05, 3.63) is 67.3 Å². The van der Waals surface area contributed by atoms with Crippen molar-refractivity contribution < 1.29 is 73.3 Å². The molecule has 2 aromatic rings. The molecule has 0 aromatic carbocycles. The number of nitrogens with one attached hydrogen (secondary N) is 2. The van der Waals surface area contributed by atoms with Crippen LogP contribution in [0.5, 0.6) is 0 Å². The Labute approximate surface area is 379 Å². The van der Waals surface area contributed by atoms with E-state index < -0.39 is 69.7 Å². The van der Waals surface area contributed by atoms with Crippen LogP contribution in [0.3, 0.4) is 0 Å². The minimum atomic E-state index is -1.66. The Bertz CT molecular complexity index is 1980. The van der Waals surface area contributed by atoms with Crippen molar-refractivity contribution in [3.8, 4) is 0 Å². The van der Waals surface area contributed by atoms with Crippen LogP contribution in [0.1, 0.15) is 55.7 Å². The van der Waals surface area contributed by atoms with E-state index in [0.717, 1.165) is 25.6 Å². The molecule has 2 saturated heterocycles. The monoisotopic (exact) mass is 951 g/mol. The SMILES string of the molecule is CO[C@@]1(NC(=O)Cc2cccs2)C(=O)N2C(C(=O)O)=C(COC(C)=O)CS[C@@H]21.CO[C@@]1(NC(=O)Cc2cccs2)C(=O)N2C(C(=O)[O-])=C(COC(C)=O)CS[C@@H]21.[NH3+]C1CCCCC1. The number of carboxylic acid groups (broad SMARTS) is 2. The number of thiophene rings is 2. The Morgan fingerprint density at radius 1 is 0.762 bits per heavy atom. The molecule has 23 heteroatoms. The minimum Gasteiger partial charge on any atom is -0.543 e. The number of fused-ring (bicyclic) bond motifs is 2. The molecule has 0 spiro atoms. The maximum Gasteiger partial charge on any atom is 0.352 e. The normalized spacial score (nSPS) is 23.9. The predicted molar refractivity (Wildman–Crippen MR) is 228 cm³/mol. The van der Waals surface area contributed by atoms with Crippen LogP contribution in [0.15, 0.2) is 57.6 Å². The number of hydrogen-bond donors (Lipinski definition) is 4. The largest absolute Gasteiger partial charge is 0.543 e. The lowest BCUT2D eigenvalue weighted by Gasteiger charge is -2.56. The molecule has 0 unspecified atom stereocenters. The fourth-order valence-corrected chi connectivity index (χ4v) is 11.6. The summed E-state index contributed by atoms with van der Waals surface area (Å²) >= 11 is 5.27. The molecule has 3 fully saturated rings. The zero-order valence-electron chi connectivity index (χ0n) is 35.0. The van der Waals surface area contributed by atoms with Crippen molar-refractivity contribution in [1.82, 2.24) is 20.4 Å². The number of carbonyl (C=O) groups is 8. The van der Waals surface area contributed by atoms with E-state index in [1.165, 1.54) is 106 Å². The van der Waals surface area contributed by atoms with Crippen molar-refractivity contribution >= 4 is 93.7 Å². The maximum atomic E-state index is 12.9. The molecular weight excluding hydrogens is 903 g/mol. The Balaban J connectivity index is 0.000000205. The molecule has 19 nitrogen and oxygen atoms in total. The first kappa shape index (κ1) is 49.2. The third-order valence-electron chi connectivity index (χ3n) is 10.4. The summed E-state index contributed by atoms with van der Waals surface area (Å²) in [5, 5.41) is 28.6. The fraction of sp³-hybridized carbons (Fsp3) is 0.500. The molecule has 4 aliphatic heterocycles. The van der Waals surface area contributed by atoms with E-state index >= 15 is 0 Å². The van der Waals surface area contributed by atoms with Crippen molar-refractivity contribution in [2.45, 2.75) is 87.0 Å². The van der Waals surface area contributed by atoms with E-state index in [4.69, 9.17) is 18.9 Å². The quantitative estimate of drug-likeness (QED) is 0.113. The summed E-state index contributed by atoms with van der Waals surface area (Å²) in [7, 11) is 2.57. The van der Waals surface area contributed by atoms with E-state index in [2.05, 4.69) is 16.4 Å². The second-order valence-corrected chi connectivity index (χ2v) is 18.9. The van der Waals surface area contributed by atoms with Gasteiger partial charge >= 0.3 is 17.9 Å². The van der Waals surface area contributed by atoms with E-state index in [-0.39, 0.29) is 54.5 Å². The molecule has 6 N–H and O–H groups in total. The highest BCUT2D eigenvalue weighted by Crippen LogP contribution is 2.48. The second kappa shape index (κ2) is 21.7. The Morgan fingerprint density at radius 2 is 1.19 bits per heavy atom. The number of amides is 4. The Kier molecular flexibility index (Phi) is 17.0. The lowest BCUT2D eigenvalue weighted by molar-refractivity contribution is -0.425. The van der Waals surface area contributed by atoms with Crippen LogP contribution in [0.4, 0.5) is 0 Å². The van der Waals surface area contributed by atoms with Crippen molar-refractivity contribution in [1.29, 1.82) is 0 Å². The van der Waals surface area contributed by atoms with Gasteiger partial charge in [0, 0.05) is 60.5 Å². The van der Waals surface area contributed by atoms with Gasteiger partial charge in [0.25, 0.3) is 23.3 Å². The first-order valence-electron chi connectivity index (χ1n) is 19.7. The Morgan fingerprint density at radius 3 is 1.52 bits per heavy atom. The number of methoxy groups -OCH3 is 2. The van der Waals surface area contributed by atoms with Gasteiger partial charge in [-0.2, -0.15) is 0 Å². The maximum absolute atomic E-state index is 12.9. The van der Waals surface area contributed by atoms with Crippen molar-refractivity contribution in [3.63, 3.8) is 0 Å². The molecule has 2 aromatic heterocycles. The predicted octanol–water partition coefficient (Wildman–Crippen LogP) is 0.359. The molecule has 4 amide bonds. The second-order valence-electron chi connectivity index (χ2n) is 14.7. The summed E-state index contributed by atoms with van der Waals surface area (Å²) in [6.45, 7) is 1.94. The summed E-state index contributed by atoms with van der Waals surface area (Å²) in [5.74, 6) is -5.80. The lowest BCUT2D eigenvalue weighted by atomic mass is 9.97. The fourth-order valence-electron chi connectivity index (χ4n) is 7.31. The molecule has 4 atom stereocenters. The van der Waals surface area contributed by atoms with E-state index in [9.17, 15) is 48.6 Å². The van der Waals surface area contributed by atoms with Crippen molar-refractivity contribution in [2.24, 2.45) is 0 Å². The molecular formula is C40H49N5O14S4. The summed E-state index contributed by atoms with van der Waals surface area (Å²) in [6, 6.07) is 8.02. The molecule has 1 saturated carbocycles. The molecule has 1 aliphatic carbocycles. The molecule has 7 rings (SSSR count). The highest BCUT2D eigenvalue weighted by Gasteiger charge is 2.67. The van der Waals surface area contributed by atoms with Crippen LogP contribution >= 0.6 is 46.2 Å². The number of nitrogens with zero attached hydrogens (tertiary/aromatic N) is 2. The number of thioether (sulfide) groups is 2. The summed E-state index contributed by atoms with van der Waals surface area (Å²) < 4.78 is 20.5. The van der Waals surface area contributed by atoms with Crippen LogP contribution in [-0.2, 0) is 70.1 Å². The van der Waals surface area contributed by atoms with E-state index in [1.54, 1.807) is 12.1 Å². The number of carboxylic acids is 2. The highest BCUT2D eigenvalue weighted by atomic mass is 32.2. The van der Waals surface area contributed by atoms with E-state index in [1.807, 2.05) is 22.9 Å². The number of rotatable bonds is 14. The van der Waals surface area contributed by atoms with E-state index in [0.29, 0.717) is 5.57 Å². The summed E-state index contributed by atoms with van der Waals surface area (Å²) in [6.07, 6.45) is 7.22. The standard InChI is InChI=1S/2C17H18N2O7S2.C6H13N/c2*1-9(20)26-7-10-8-28-16-17(25-2,15(24)19(16)13(10)14(22)23)18-12(21)6-11-4-3-5-27-11;7-6-4-2-1-3-5-6/h2*3-5,16H,6-8H2,1-2H3,(H,18,21)(H,22,23);6H,1-5,7H2/t2*16-,17+;/m11./s1. The van der Waals surface area contributed by atoms with Gasteiger partial charge < -0.3 is 50.3 Å².